The molecule has 0 saturated heterocycles. The van der Waals surface area contributed by atoms with E-state index in [0.29, 0.717) is 35.5 Å². The van der Waals surface area contributed by atoms with Crippen molar-refractivity contribution in [2.24, 2.45) is 109 Å². The van der Waals surface area contributed by atoms with Crippen molar-refractivity contribution in [3.05, 3.63) is 0 Å². The Morgan fingerprint density at radius 3 is 1.04 bits per heavy atom. The first kappa shape index (κ1) is 81.6. The molecule has 0 spiro atoms. The third kappa shape index (κ3) is 18.5. The Hall–Kier alpha value is -2.65. The molecule has 0 heterocycles. The molecule has 14 fully saturated rings. The van der Waals surface area contributed by atoms with Crippen LogP contribution in [0, 0.1) is 109 Å². The van der Waals surface area contributed by atoms with Crippen LogP contribution in [0.2, 0.25) is 0 Å². The van der Waals surface area contributed by atoms with Gasteiger partial charge >= 0.3 is 29.8 Å². The number of hydrogen-bond acceptors (Lipinski definition) is 10. The van der Waals surface area contributed by atoms with E-state index < -0.39 is 0 Å². The predicted octanol–water partition coefficient (Wildman–Crippen LogP) is 23.5. The molecule has 14 aliphatic rings. The SMILES string of the molecule is CCC(C)(C)C(=O)OC(C)(C)C12CC3CC(CC(C3)C1)C2.CCC(C)(C)C(=O)OC(C)(C)C1CCCCC1.CCC(C)(C)C(=O)OC1(C(C)C)C2CC3CC(C2)CC1C3.CCC(C)(C)C(=O)OC1(CC)C2CC3CC(C2)CC1C3.CCC1(OC(=O)C(C)(C)CC)CCCCCCC1. The van der Waals surface area contributed by atoms with Gasteiger partial charge in [-0.1, -0.05) is 101 Å². The van der Waals surface area contributed by atoms with Crippen molar-refractivity contribution in [3.63, 3.8) is 0 Å². The topological polar surface area (TPSA) is 132 Å². The fourth-order valence-electron chi connectivity index (χ4n) is 21.3. The van der Waals surface area contributed by atoms with Gasteiger partial charge in [0, 0.05) is 5.41 Å². The van der Waals surface area contributed by atoms with Gasteiger partial charge in [0.15, 0.2) is 0 Å². The van der Waals surface area contributed by atoms with Crippen LogP contribution in [0.3, 0.4) is 0 Å². The van der Waals surface area contributed by atoms with E-state index in [9.17, 15) is 24.0 Å². The van der Waals surface area contributed by atoms with Gasteiger partial charge in [0.05, 0.1) is 27.1 Å². The van der Waals surface area contributed by atoms with Gasteiger partial charge in [0.2, 0.25) is 0 Å². The van der Waals surface area contributed by atoms with Crippen LogP contribution in [0.5, 0.6) is 0 Å². The molecule has 97 heavy (non-hydrogen) atoms. The van der Waals surface area contributed by atoms with Gasteiger partial charge in [-0.2, -0.15) is 0 Å². The molecule has 10 nitrogen and oxygen atoms in total. The number of rotatable bonds is 20. The molecule has 560 valence electrons. The summed E-state index contributed by atoms with van der Waals surface area (Å²) >= 11 is 0. The quantitative estimate of drug-likeness (QED) is 0.0857. The Balaban J connectivity index is 0.000000171. The highest BCUT2D eigenvalue weighted by Crippen LogP contribution is 2.66. The van der Waals surface area contributed by atoms with Gasteiger partial charge in [-0.15, -0.1) is 0 Å². The molecule has 0 aromatic rings. The van der Waals surface area contributed by atoms with Crippen LogP contribution in [-0.4, -0.2) is 57.9 Å². The molecule has 0 aliphatic heterocycles. The standard InChI is InChI=1S/2C19H32O2.C18H30O2.C16H30O2.C15H28O2/c1-6-17(2,3)16(20)21-18(4,5)19-10-13-7-14(11-19)9-15(8-13)12-19;1-6-18(4,5)17(20)21-19(12(2)3)15-8-13-7-14(10-15)11-16(19)9-13;1-5-17(3,4)16(19)20-18(6-2)14-8-12-7-13(10-14)11-15(18)9-12;1-5-15(3,4)14(17)18-16(6-2)12-10-8-7-9-11-13-16;1-6-14(2,3)13(16)17-15(4,5)12-10-8-7-9-11-12/h13-15H,6-12H2,1-5H3;12-16H,6-11H2,1-5H3;12-15H,5-11H2,1-4H3;5-13H2,1-4H3;12H,6-11H2,1-5H3. The van der Waals surface area contributed by atoms with Crippen LogP contribution in [0.1, 0.15) is 384 Å². The first-order valence-electron chi connectivity index (χ1n) is 41.3. The van der Waals surface area contributed by atoms with Crippen molar-refractivity contribution < 1.29 is 47.7 Å². The smallest absolute Gasteiger partial charge is 0.312 e. The van der Waals surface area contributed by atoms with E-state index in [1.54, 1.807) is 0 Å². The van der Waals surface area contributed by atoms with Crippen LogP contribution in [0.15, 0.2) is 0 Å². The molecule has 0 radical (unpaired) electrons. The summed E-state index contributed by atoms with van der Waals surface area (Å²) in [6, 6.07) is 0. The molecule has 0 N–H and O–H groups in total. The second-order valence-electron chi connectivity index (χ2n) is 39.5. The van der Waals surface area contributed by atoms with Gasteiger partial charge in [-0.05, 0) is 360 Å². The largest absolute Gasteiger partial charge is 0.459 e. The van der Waals surface area contributed by atoms with E-state index in [2.05, 4.69) is 83.1 Å². The Labute approximate surface area is 595 Å². The van der Waals surface area contributed by atoms with Gasteiger partial charge in [0.1, 0.15) is 28.0 Å². The number of ether oxygens (including phenoxy) is 5. The Morgan fingerprint density at radius 2 is 0.680 bits per heavy atom. The molecule has 0 amide bonds. The molecule has 0 aromatic carbocycles. The zero-order valence-electron chi connectivity index (χ0n) is 67.3. The molecule has 14 aliphatic carbocycles. The van der Waals surface area contributed by atoms with E-state index >= 15 is 0 Å². The highest BCUT2D eigenvalue weighted by atomic mass is 16.6. The van der Waals surface area contributed by atoms with Gasteiger partial charge < -0.3 is 23.7 Å². The fourth-order valence-corrected chi connectivity index (χ4v) is 21.3. The number of hydrogen-bond donors (Lipinski definition) is 0. The zero-order chi connectivity index (χ0) is 72.2. The van der Waals surface area contributed by atoms with Crippen LogP contribution in [-0.2, 0) is 47.7 Å². The minimum absolute atomic E-state index is 0.00702. The molecular weight excluding hydrogens is 1200 g/mol. The number of carbonyl (C=O) groups excluding carboxylic acids is 5. The summed E-state index contributed by atoms with van der Waals surface area (Å²) in [5, 5.41) is 0. The fraction of sp³-hybridized carbons (Fsp3) is 0.943. The maximum atomic E-state index is 12.8. The predicted molar refractivity (Wildman–Crippen MR) is 396 cm³/mol. The monoisotopic (exact) mass is 1360 g/mol. The maximum absolute atomic E-state index is 12.8. The minimum atomic E-state index is -0.362. The van der Waals surface area contributed by atoms with Crippen LogP contribution < -0.4 is 0 Å². The summed E-state index contributed by atoms with van der Waals surface area (Å²) < 4.78 is 30.6. The normalized spacial score (nSPS) is 33.4. The third-order valence-electron chi connectivity index (χ3n) is 29.9. The number of carbonyl (C=O) groups is 5. The number of esters is 5. The van der Waals surface area contributed by atoms with Gasteiger partial charge in [0.25, 0.3) is 0 Å². The van der Waals surface area contributed by atoms with Crippen molar-refractivity contribution in [3.8, 4) is 0 Å². The molecular formula is C87H152O10. The highest BCUT2D eigenvalue weighted by Gasteiger charge is 2.63. The van der Waals surface area contributed by atoms with Gasteiger partial charge in [-0.25, -0.2) is 0 Å². The van der Waals surface area contributed by atoms with Crippen LogP contribution in [0.25, 0.3) is 0 Å². The molecule has 0 unspecified atom stereocenters. The summed E-state index contributed by atoms with van der Waals surface area (Å²) in [6.45, 7) is 47.8. The molecule has 14 rings (SSSR count). The summed E-state index contributed by atoms with van der Waals surface area (Å²) in [5.74, 6) is 9.86. The lowest BCUT2D eigenvalue weighted by atomic mass is 9.46. The Bertz CT molecular complexity index is 2490. The zero-order valence-corrected chi connectivity index (χ0v) is 67.3. The van der Waals surface area contributed by atoms with E-state index in [4.69, 9.17) is 23.7 Å². The van der Waals surface area contributed by atoms with Crippen molar-refractivity contribution >= 4 is 29.8 Å². The van der Waals surface area contributed by atoms with Crippen molar-refractivity contribution in [2.75, 3.05) is 0 Å². The second-order valence-corrected chi connectivity index (χ2v) is 39.5. The van der Waals surface area contributed by atoms with E-state index in [-0.39, 0.29) is 90.3 Å². The molecule has 0 atom stereocenters. The lowest BCUT2D eigenvalue weighted by molar-refractivity contribution is -0.231. The first-order chi connectivity index (χ1) is 45.1. The summed E-state index contributed by atoms with van der Waals surface area (Å²) in [6.07, 6.45) is 42.3. The molecule has 12 bridgehead atoms. The molecule has 10 heteroatoms. The van der Waals surface area contributed by atoms with E-state index in [0.717, 1.165) is 99.2 Å². The molecule has 0 aromatic heterocycles. The first-order valence-corrected chi connectivity index (χ1v) is 41.3. The van der Waals surface area contributed by atoms with Crippen molar-refractivity contribution in [2.45, 2.75) is 412 Å². The van der Waals surface area contributed by atoms with E-state index in [1.165, 1.54) is 167 Å². The van der Waals surface area contributed by atoms with Crippen LogP contribution >= 0.6 is 0 Å². The van der Waals surface area contributed by atoms with Crippen LogP contribution in [0.4, 0.5) is 0 Å². The average molecular weight is 1360 g/mol. The summed E-state index contributed by atoms with van der Waals surface area (Å²) in [4.78, 5) is 62.4. The summed E-state index contributed by atoms with van der Waals surface area (Å²) in [7, 11) is 0. The summed E-state index contributed by atoms with van der Waals surface area (Å²) in [5.41, 5.74) is -2.58. The second kappa shape index (κ2) is 32.2. The average Bonchev–Trinajstić information content (AvgIpc) is 0.734. The van der Waals surface area contributed by atoms with Crippen molar-refractivity contribution in [1.82, 2.24) is 0 Å². The Kier molecular flexibility index (Phi) is 27.1. The van der Waals surface area contributed by atoms with E-state index in [1.807, 2.05) is 76.2 Å². The van der Waals surface area contributed by atoms with Crippen molar-refractivity contribution in [1.29, 1.82) is 0 Å². The third-order valence-corrected chi connectivity index (χ3v) is 29.9. The lowest BCUT2D eigenvalue weighted by Gasteiger charge is -2.62. The minimum Gasteiger partial charge on any atom is -0.459 e. The molecule has 14 saturated carbocycles. The Morgan fingerprint density at radius 1 is 0.361 bits per heavy atom. The highest BCUT2D eigenvalue weighted by molar-refractivity contribution is 5.78. The van der Waals surface area contributed by atoms with Gasteiger partial charge in [-0.3, -0.25) is 24.0 Å². The lowest BCUT2D eigenvalue weighted by Crippen LogP contribution is -2.63. The maximum Gasteiger partial charge on any atom is 0.312 e.